The molecule has 0 aromatic heterocycles. The molecule has 132 valence electrons. The zero-order valence-corrected chi connectivity index (χ0v) is 15.2. The number of halogens is 1. The minimum absolute atomic E-state index is 0.274. The number of fused-ring (bicyclic) bond motifs is 1. The number of benzene rings is 2. The van der Waals surface area contributed by atoms with Gasteiger partial charge in [-0.25, -0.2) is 0 Å². The summed E-state index contributed by atoms with van der Waals surface area (Å²) < 4.78 is 23.4. The lowest BCUT2D eigenvalue weighted by Crippen LogP contribution is -2.29. The molecule has 2 aromatic rings. The number of nitrogens with one attached hydrogen (secondary N) is 1. The van der Waals surface area contributed by atoms with Crippen molar-refractivity contribution in [3.05, 3.63) is 53.1 Å². The van der Waals surface area contributed by atoms with Gasteiger partial charge in [0.05, 0.1) is 0 Å². The average Bonchev–Trinajstić information content (AvgIpc) is 2.61. The van der Waals surface area contributed by atoms with E-state index in [0.717, 1.165) is 5.56 Å². The highest BCUT2D eigenvalue weighted by Gasteiger charge is 2.21. The van der Waals surface area contributed by atoms with Crippen LogP contribution < -0.4 is 14.8 Å². The Labute approximate surface area is 153 Å². The Bertz CT molecular complexity index is 811. The van der Waals surface area contributed by atoms with Gasteiger partial charge in [0.2, 0.25) is 5.91 Å². The van der Waals surface area contributed by atoms with E-state index in [1.165, 1.54) is 0 Å². The molecule has 1 aliphatic heterocycles. The highest BCUT2D eigenvalue weighted by atomic mass is 35.5. The van der Waals surface area contributed by atoms with E-state index >= 15 is 0 Å². The van der Waals surface area contributed by atoms with Crippen molar-refractivity contribution in [1.82, 2.24) is 0 Å². The van der Waals surface area contributed by atoms with E-state index in [2.05, 4.69) is 5.32 Å². The molecule has 2 aromatic carbocycles. The van der Waals surface area contributed by atoms with Gasteiger partial charge in [0.15, 0.2) is 11.5 Å². The number of hydrogen-bond acceptors (Lipinski definition) is 4. The minimum Gasteiger partial charge on any atom is -0.486 e. The summed E-state index contributed by atoms with van der Waals surface area (Å²) in [6.45, 7) is 2.64. The van der Waals surface area contributed by atoms with Crippen molar-refractivity contribution >= 4 is 34.0 Å². The van der Waals surface area contributed by atoms with Crippen LogP contribution in [-0.4, -0.2) is 28.6 Å². The van der Waals surface area contributed by atoms with E-state index in [1.807, 2.05) is 6.07 Å². The molecule has 3 rings (SSSR count). The van der Waals surface area contributed by atoms with Gasteiger partial charge in [0.25, 0.3) is 0 Å². The monoisotopic (exact) mass is 379 g/mol. The molecule has 2 atom stereocenters. The second-order valence-electron chi connectivity index (χ2n) is 5.64. The zero-order valence-electron chi connectivity index (χ0n) is 13.7. The lowest BCUT2D eigenvalue weighted by Gasteiger charge is -2.19. The average molecular weight is 380 g/mol. The maximum Gasteiger partial charge on any atom is 0.239 e. The summed E-state index contributed by atoms with van der Waals surface area (Å²) in [6, 6.07) is 12.3. The van der Waals surface area contributed by atoms with Gasteiger partial charge in [-0.05, 0) is 36.8 Å². The van der Waals surface area contributed by atoms with Crippen LogP contribution in [0.2, 0.25) is 5.02 Å². The van der Waals surface area contributed by atoms with E-state index in [4.69, 9.17) is 21.1 Å². The standard InChI is InChI=1S/C18H18ClNO4S/c1-12(25(22)11-13-3-2-4-14(19)9-13)18(21)20-15-5-6-16-17(10-15)24-8-7-23-16/h2-6,9-10,12H,7-8,11H2,1H3,(H,20,21). The van der Waals surface area contributed by atoms with E-state index in [0.29, 0.717) is 35.4 Å². The van der Waals surface area contributed by atoms with Crippen molar-refractivity contribution in [2.24, 2.45) is 0 Å². The molecule has 0 bridgehead atoms. The van der Waals surface area contributed by atoms with Gasteiger partial charge in [-0.1, -0.05) is 23.7 Å². The first-order valence-corrected chi connectivity index (χ1v) is 9.61. The van der Waals surface area contributed by atoms with Crippen LogP contribution in [0.15, 0.2) is 42.5 Å². The summed E-state index contributed by atoms with van der Waals surface area (Å²) in [4.78, 5) is 12.4. The maximum absolute atomic E-state index is 12.5. The topological polar surface area (TPSA) is 64.6 Å². The van der Waals surface area contributed by atoms with Crippen LogP contribution in [0.1, 0.15) is 12.5 Å². The molecule has 1 heterocycles. The van der Waals surface area contributed by atoms with E-state index < -0.39 is 16.0 Å². The van der Waals surface area contributed by atoms with E-state index in [1.54, 1.807) is 43.3 Å². The minimum atomic E-state index is -1.36. The normalized spacial score (nSPS) is 15.3. The summed E-state index contributed by atoms with van der Waals surface area (Å²) in [5, 5.41) is 2.70. The van der Waals surface area contributed by atoms with Crippen LogP contribution >= 0.6 is 11.6 Å². The Kier molecular flexibility index (Phi) is 5.60. The number of anilines is 1. The maximum atomic E-state index is 12.5. The molecule has 0 aliphatic carbocycles. The fourth-order valence-electron chi connectivity index (χ4n) is 2.40. The number of carbonyl (C=O) groups is 1. The predicted molar refractivity (Wildman–Crippen MR) is 98.8 cm³/mol. The van der Waals surface area contributed by atoms with Gasteiger partial charge in [0, 0.05) is 33.3 Å². The molecule has 0 fully saturated rings. The number of hydrogen-bond donors (Lipinski definition) is 1. The molecule has 0 saturated carbocycles. The van der Waals surface area contributed by atoms with Gasteiger partial charge in [-0.15, -0.1) is 0 Å². The summed E-state index contributed by atoms with van der Waals surface area (Å²) in [7, 11) is -1.36. The van der Waals surface area contributed by atoms with Crippen molar-refractivity contribution in [3.63, 3.8) is 0 Å². The van der Waals surface area contributed by atoms with Gasteiger partial charge in [0.1, 0.15) is 18.5 Å². The largest absolute Gasteiger partial charge is 0.486 e. The first-order valence-electron chi connectivity index (χ1n) is 7.85. The third-order valence-corrected chi connectivity index (χ3v) is 5.63. The molecule has 0 spiro atoms. The highest BCUT2D eigenvalue weighted by molar-refractivity contribution is 7.85. The Morgan fingerprint density at radius 2 is 1.96 bits per heavy atom. The van der Waals surface area contributed by atoms with Crippen LogP contribution in [0.4, 0.5) is 5.69 Å². The molecule has 0 radical (unpaired) electrons. The van der Waals surface area contributed by atoms with E-state index in [-0.39, 0.29) is 11.7 Å². The fraction of sp³-hybridized carbons (Fsp3) is 0.278. The SMILES string of the molecule is CC(C(=O)Nc1ccc2c(c1)OCCO2)S(=O)Cc1cccc(Cl)c1. The molecule has 0 saturated heterocycles. The van der Waals surface area contributed by atoms with Gasteiger partial charge in [-0.3, -0.25) is 9.00 Å². The second kappa shape index (κ2) is 7.89. The number of ether oxygens (including phenoxy) is 2. The Balaban J connectivity index is 1.63. The number of carbonyl (C=O) groups excluding carboxylic acids is 1. The molecule has 25 heavy (non-hydrogen) atoms. The van der Waals surface area contributed by atoms with Crippen molar-refractivity contribution in [2.75, 3.05) is 18.5 Å². The number of rotatable bonds is 5. The van der Waals surface area contributed by atoms with E-state index in [9.17, 15) is 9.00 Å². The van der Waals surface area contributed by atoms with Crippen LogP contribution in [0.3, 0.4) is 0 Å². The summed E-state index contributed by atoms with van der Waals surface area (Å²) >= 11 is 5.94. The van der Waals surface area contributed by atoms with Crippen molar-refractivity contribution < 1.29 is 18.5 Å². The highest BCUT2D eigenvalue weighted by Crippen LogP contribution is 2.32. The second-order valence-corrected chi connectivity index (χ2v) is 7.84. The Hall–Kier alpha value is -2.05. The predicted octanol–water partition coefficient (Wildman–Crippen LogP) is 3.39. The summed E-state index contributed by atoms with van der Waals surface area (Å²) in [5.41, 5.74) is 1.42. The first-order chi connectivity index (χ1) is 12.0. The molecule has 5 nitrogen and oxygen atoms in total. The van der Waals surface area contributed by atoms with Gasteiger partial charge >= 0.3 is 0 Å². The van der Waals surface area contributed by atoms with Crippen LogP contribution in [0, 0.1) is 0 Å². The quantitative estimate of drug-likeness (QED) is 0.864. The van der Waals surface area contributed by atoms with Crippen LogP contribution in [0.25, 0.3) is 0 Å². The molecule has 1 N–H and O–H groups in total. The van der Waals surface area contributed by atoms with Gasteiger partial charge < -0.3 is 14.8 Å². The smallest absolute Gasteiger partial charge is 0.239 e. The summed E-state index contributed by atoms with van der Waals surface area (Å²) in [5.74, 6) is 1.21. The molecular weight excluding hydrogens is 362 g/mol. The van der Waals surface area contributed by atoms with Crippen LogP contribution in [0.5, 0.6) is 11.5 Å². The molecule has 1 amide bonds. The van der Waals surface area contributed by atoms with Crippen molar-refractivity contribution in [2.45, 2.75) is 17.9 Å². The van der Waals surface area contributed by atoms with Crippen molar-refractivity contribution in [3.8, 4) is 11.5 Å². The third kappa shape index (κ3) is 4.52. The zero-order chi connectivity index (χ0) is 17.8. The number of amides is 1. The molecular formula is C18H18ClNO4S. The Morgan fingerprint density at radius 1 is 1.20 bits per heavy atom. The van der Waals surface area contributed by atoms with Crippen LogP contribution in [-0.2, 0) is 21.3 Å². The molecule has 7 heteroatoms. The third-order valence-electron chi connectivity index (χ3n) is 3.77. The molecule has 1 aliphatic rings. The lowest BCUT2D eigenvalue weighted by molar-refractivity contribution is -0.115. The molecule has 2 unspecified atom stereocenters. The van der Waals surface area contributed by atoms with Crippen molar-refractivity contribution in [1.29, 1.82) is 0 Å². The first kappa shape index (κ1) is 17.8. The lowest BCUT2D eigenvalue weighted by atomic mass is 10.2. The Morgan fingerprint density at radius 3 is 2.72 bits per heavy atom. The fourth-order valence-corrected chi connectivity index (χ4v) is 3.67. The van der Waals surface area contributed by atoms with Gasteiger partial charge in [-0.2, -0.15) is 0 Å². The summed E-state index contributed by atoms with van der Waals surface area (Å²) in [6.07, 6.45) is 0.